The van der Waals surface area contributed by atoms with E-state index in [1.54, 1.807) is 24.7 Å². The highest BCUT2D eigenvalue weighted by atomic mass is 32.2. The smallest absolute Gasteiger partial charge is 0.244 e. The van der Waals surface area contributed by atoms with E-state index in [0.29, 0.717) is 11.4 Å². The van der Waals surface area contributed by atoms with Crippen LogP contribution in [0.2, 0.25) is 0 Å². The van der Waals surface area contributed by atoms with E-state index in [1.807, 2.05) is 32.9 Å². The van der Waals surface area contributed by atoms with E-state index in [0.717, 1.165) is 24.5 Å². The topological polar surface area (TPSA) is 80.1 Å². The first-order valence-electron chi connectivity index (χ1n) is 10.4. The van der Waals surface area contributed by atoms with E-state index in [4.69, 9.17) is 0 Å². The molecule has 0 radical (unpaired) electrons. The SMILES string of the molecule is Cc1nn(C(C)(C)C)c(C)c1S(=O)(=O)NCc1ccc(N2CCCCCC2)nc1. The maximum atomic E-state index is 12.9. The number of aryl methyl sites for hydroxylation is 1. The second-order valence-corrected chi connectivity index (χ2v) is 10.5. The number of hydrogen-bond donors (Lipinski definition) is 1. The summed E-state index contributed by atoms with van der Waals surface area (Å²) in [6, 6.07) is 3.94. The van der Waals surface area contributed by atoms with Crippen molar-refractivity contribution in [3.8, 4) is 0 Å². The molecule has 1 N–H and O–H groups in total. The Morgan fingerprint density at radius 1 is 1.07 bits per heavy atom. The Kier molecular flexibility index (Phi) is 6.33. The lowest BCUT2D eigenvalue weighted by molar-refractivity contribution is 0.345. The average Bonchev–Trinajstić information content (AvgIpc) is 2.83. The monoisotopic (exact) mass is 419 g/mol. The summed E-state index contributed by atoms with van der Waals surface area (Å²) < 4.78 is 30.4. The fourth-order valence-corrected chi connectivity index (χ4v) is 5.34. The molecule has 0 saturated carbocycles. The van der Waals surface area contributed by atoms with Crippen LogP contribution in [0.1, 0.15) is 63.4 Å². The van der Waals surface area contributed by atoms with Gasteiger partial charge in [0, 0.05) is 25.8 Å². The number of rotatable bonds is 5. The first-order chi connectivity index (χ1) is 13.6. The van der Waals surface area contributed by atoms with Gasteiger partial charge in [0.05, 0.1) is 16.9 Å². The maximum absolute atomic E-state index is 12.9. The molecule has 0 bridgehead atoms. The van der Waals surface area contributed by atoms with E-state index >= 15 is 0 Å². The first kappa shape index (κ1) is 21.8. The molecule has 0 atom stereocenters. The van der Waals surface area contributed by atoms with Gasteiger partial charge in [-0.3, -0.25) is 4.68 Å². The largest absolute Gasteiger partial charge is 0.357 e. The molecular weight excluding hydrogens is 386 g/mol. The Balaban J connectivity index is 1.72. The van der Waals surface area contributed by atoms with Crippen LogP contribution in [0, 0.1) is 13.8 Å². The van der Waals surface area contributed by atoms with Crippen molar-refractivity contribution in [2.45, 2.75) is 77.3 Å². The fraction of sp³-hybridized carbons (Fsp3) is 0.619. The lowest BCUT2D eigenvalue weighted by Crippen LogP contribution is -2.27. The summed E-state index contributed by atoms with van der Waals surface area (Å²) in [5.74, 6) is 0.969. The van der Waals surface area contributed by atoms with Crippen LogP contribution < -0.4 is 9.62 Å². The van der Waals surface area contributed by atoms with Crippen LogP contribution in [0.25, 0.3) is 0 Å². The third-order valence-electron chi connectivity index (χ3n) is 5.33. The number of sulfonamides is 1. The van der Waals surface area contributed by atoms with Gasteiger partial charge in [-0.15, -0.1) is 0 Å². The van der Waals surface area contributed by atoms with Crippen LogP contribution in [0.5, 0.6) is 0 Å². The lowest BCUT2D eigenvalue weighted by Gasteiger charge is -2.21. The van der Waals surface area contributed by atoms with Gasteiger partial charge in [-0.1, -0.05) is 18.9 Å². The normalized spacial score (nSPS) is 16.1. The molecule has 8 heteroatoms. The van der Waals surface area contributed by atoms with E-state index in [2.05, 4.69) is 19.7 Å². The number of nitrogens with zero attached hydrogens (tertiary/aromatic N) is 4. The molecule has 0 unspecified atom stereocenters. The quantitative estimate of drug-likeness (QED) is 0.802. The molecule has 1 aliphatic rings. The minimum atomic E-state index is -3.67. The van der Waals surface area contributed by atoms with Gasteiger partial charge in [-0.2, -0.15) is 5.10 Å². The van der Waals surface area contributed by atoms with E-state index in [1.165, 1.54) is 25.7 Å². The molecule has 0 aromatic carbocycles. The highest BCUT2D eigenvalue weighted by molar-refractivity contribution is 7.89. The zero-order valence-corrected chi connectivity index (χ0v) is 19.0. The van der Waals surface area contributed by atoms with E-state index in [9.17, 15) is 8.42 Å². The zero-order valence-electron chi connectivity index (χ0n) is 18.2. The summed E-state index contributed by atoms with van der Waals surface area (Å²) in [5, 5.41) is 4.45. The van der Waals surface area contributed by atoms with Crippen molar-refractivity contribution in [3.63, 3.8) is 0 Å². The van der Waals surface area contributed by atoms with Crippen molar-refractivity contribution in [2.24, 2.45) is 0 Å². The summed E-state index contributed by atoms with van der Waals surface area (Å²) in [6.07, 6.45) is 6.72. The molecule has 1 fully saturated rings. The first-order valence-corrected chi connectivity index (χ1v) is 11.8. The van der Waals surface area contributed by atoms with Crippen LogP contribution >= 0.6 is 0 Å². The van der Waals surface area contributed by atoms with E-state index < -0.39 is 10.0 Å². The summed E-state index contributed by atoms with van der Waals surface area (Å²) >= 11 is 0. The molecule has 3 rings (SSSR count). The van der Waals surface area contributed by atoms with Crippen LogP contribution in [0.4, 0.5) is 5.82 Å². The molecule has 0 amide bonds. The second kappa shape index (κ2) is 8.44. The van der Waals surface area contributed by atoms with Crippen LogP contribution in [-0.2, 0) is 22.1 Å². The Hall–Kier alpha value is -1.93. The predicted octanol–water partition coefficient (Wildman–Crippen LogP) is 3.51. The highest BCUT2D eigenvalue weighted by Gasteiger charge is 2.28. The van der Waals surface area contributed by atoms with Crippen molar-refractivity contribution in [2.75, 3.05) is 18.0 Å². The third-order valence-corrected chi connectivity index (χ3v) is 6.99. The standard InChI is InChI=1S/C21H33N5O2S/c1-16-20(17(2)26(24-16)21(3,4)5)29(27,28)23-15-18-10-11-19(22-14-18)25-12-8-6-7-9-13-25/h10-11,14,23H,6-9,12-13,15H2,1-5H3. The molecule has 0 spiro atoms. The van der Waals surface area contributed by atoms with Crippen molar-refractivity contribution in [1.82, 2.24) is 19.5 Å². The van der Waals surface area contributed by atoms with Gasteiger partial charge < -0.3 is 4.90 Å². The van der Waals surface area contributed by atoms with E-state index in [-0.39, 0.29) is 17.0 Å². The molecule has 2 aromatic rings. The highest BCUT2D eigenvalue weighted by Crippen LogP contribution is 2.25. The molecule has 29 heavy (non-hydrogen) atoms. The Labute approximate surface area is 174 Å². The fourth-order valence-electron chi connectivity index (χ4n) is 3.93. The van der Waals surface area contributed by atoms with Crippen LogP contribution in [0.15, 0.2) is 23.2 Å². The summed E-state index contributed by atoms with van der Waals surface area (Å²) in [7, 11) is -3.67. The van der Waals surface area contributed by atoms with Crippen molar-refractivity contribution in [1.29, 1.82) is 0 Å². The second-order valence-electron chi connectivity index (χ2n) is 8.83. The van der Waals surface area contributed by atoms with Gasteiger partial charge in [-0.25, -0.2) is 18.1 Å². The molecule has 1 aliphatic heterocycles. The van der Waals surface area contributed by atoms with Crippen molar-refractivity contribution >= 4 is 15.8 Å². The number of hydrogen-bond acceptors (Lipinski definition) is 5. The number of aromatic nitrogens is 3. The van der Waals surface area contributed by atoms with Gasteiger partial charge in [-0.05, 0) is 59.1 Å². The van der Waals surface area contributed by atoms with Crippen LogP contribution in [0.3, 0.4) is 0 Å². The van der Waals surface area contributed by atoms with Crippen LogP contribution in [-0.4, -0.2) is 36.3 Å². The maximum Gasteiger partial charge on any atom is 0.244 e. The summed E-state index contributed by atoms with van der Waals surface area (Å²) in [5.41, 5.74) is 1.72. The van der Waals surface area contributed by atoms with Gasteiger partial charge in [0.1, 0.15) is 10.7 Å². The van der Waals surface area contributed by atoms with Gasteiger partial charge in [0.25, 0.3) is 0 Å². The number of nitrogens with one attached hydrogen (secondary N) is 1. The molecule has 3 heterocycles. The van der Waals surface area contributed by atoms with Gasteiger partial charge in [0.2, 0.25) is 10.0 Å². The number of anilines is 1. The van der Waals surface area contributed by atoms with Gasteiger partial charge >= 0.3 is 0 Å². The molecule has 7 nitrogen and oxygen atoms in total. The number of pyridine rings is 1. The third kappa shape index (κ3) is 4.98. The van der Waals surface area contributed by atoms with Gasteiger partial charge in [0.15, 0.2) is 0 Å². The van der Waals surface area contributed by atoms with Crippen molar-refractivity contribution in [3.05, 3.63) is 35.3 Å². The molecule has 1 saturated heterocycles. The Morgan fingerprint density at radius 3 is 2.24 bits per heavy atom. The Bertz CT molecular complexity index is 935. The molecule has 0 aliphatic carbocycles. The van der Waals surface area contributed by atoms with Crippen molar-refractivity contribution < 1.29 is 8.42 Å². The zero-order chi connectivity index (χ0) is 21.2. The average molecular weight is 420 g/mol. The Morgan fingerprint density at radius 2 is 1.72 bits per heavy atom. The molecular formula is C21H33N5O2S. The summed E-state index contributed by atoms with van der Waals surface area (Å²) in [4.78, 5) is 7.14. The molecule has 160 valence electrons. The molecule has 2 aromatic heterocycles. The minimum absolute atomic E-state index is 0.204. The lowest BCUT2D eigenvalue weighted by atomic mass is 10.1. The minimum Gasteiger partial charge on any atom is -0.357 e. The predicted molar refractivity (Wildman–Crippen MR) is 116 cm³/mol. The summed E-state index contributed by atoms with van der Waals surface area (Å²) in [6.45, 7) is 11.8.